The Kier molecular flexibility index (Phi) is 7.49. The number of fused-ring (bicyclic) bond motifs is 1. The second-order valence-electron chi connectivity index (χ2n) is 10.2. The lowest BCUT2D eigenvalue weighted by molar-refractivity contribution is -0.124. The number of carbonyl (C=O) groups excluding carboxylic acids is 1. The molecule has 4 aromatic rings. The number of carbonyl (C=O) groups is 1. The van der Waals surface area contributed by atoms with Gasteiger partial charge in [0.05, 0.1) is 32.2 Å². The topological polar surface area (TPSA) is 78.8 Å². The lowest BCUT2D eigenvalue weighted by Crippen LogP contribution is -2.46. The van der Waals surface area contributed by atoms with Gasteiger partial charge in [-0.05, 0) is 38.8 Å². The molecule has 0 saturated carbocycles. The minimum absolute atomic E-state index is 0.300. The largest absolute Gasteiger partial charge is 0.493 e. The molecule has 0 spiro atoms. The molecule has 7 heteroatoms. The van der Waals surface area contributed by atoms with Crippen LogP contribution in [0.15, 0.2) is 71.5 Å². The van der Waals surface area contributed by atoms with Gasteiger partial charge in [-0.3, -0.25) is 14.2 Å². The van der Waals surface area contributed by atoms with E-state index in [-0.39, 0.29) is 11.5 Å². The van der Waals surface area contributed by atoms with E-state index in [0.717, 1.165) is 11.1 Å². The zero-order valence-electron chi connectivity index (χ0n) is 22.9. The number of ether oxygens (including phenoxy) is 3. The highest BCUT2D eigenvalue weighted by Gasteiger charge is 2.31. The van der Waals surface area contributed by atoms with Crippen LogP contribution in [-0.2, 0) is 4.79 Å². The maximum atomic E-state index is 14.0. The van der Waals surface area contributed by atoms with Crippen LogP contribution in [0.3, 0.4) is 0 Å². The number of aryl methyl sites for hydroxylation is 1. The fourth-order valence-corrected chi connectivity index (χ4v) is 4.69. The Bertz CT molecular complexity index is 1520. The molecule has 3 aromatic carbocycles. The zero-order chi connectivity index (χ0) is 27.6. The van der Waals surface area contributed by atoms with Crippen molar-refractivity contribution in [3.05, 3.63) is 88.2 Å². The number of methoxy groups -OCH3 is 3. The molecule has 1 aromatic heterocycles. The van der Waals surface area contributed by atoms with Gasteiger partial charge in [-0.1, -0.05) is 60.2 Å². The predicted molar refractivity (Wildman–Crippen MR) is 151 cm³/mol. The minimum Gasteiger partial charge on any atom is -0.493 e. The summed E-state index contributed by atoms with van der Waals surface area (Å²) in [5.74, 6) is 0.893. The Labute approximate surface area is 223 Å². The van der Waals surface area contributed by atoms with E-state index in [4.69, 9.17) is 14.2 Å². The maximum Gasteiger partial charge on any atom is 0.252 e. The van der Waals surface area contributed by atoms with Crippen LogP contribution in [-0.4, -0.2) is 37.3 Å². The van der Waals surface area contributed by atoms with Gasteiger partial charge in [0.1, 0.15) is 6.04 Å². The Morgan fingerprint density at radius 1 is 0.868 bits per heavy atom. The fraction of sp³-hybridized carbons (Fsp3) is 0.290. The molecule has 0 saturated heterocycles. The summed E-state index contributed by atoms with van der Waals surface area (Å²) in [5, 5.41) is 3.70. The van der Waals surface area contributed by atoms with Crippen molar-refractivity contribution in [2.45, 2.75) is 39.3 Å². The SMILES string of the molecule is COc1cc2c(c(-c3ccccc3)cc(=O)n2C(C(=O)NC(C)(C)C)c2ccc(C)cc2)c(OC)c1OC. The number of nitrogens with zero attached hydrogens (tertiary/aromatic N) is 1. The second-order valence-corrected chi connectivity index (χ2v) is 10.2. The fourth-order valence-electron chi connectivity index (χ4n) is 4.69. The number of hydrogen-bond donors (Lipinski definition) is 1. The van der Waals surface area contributed by atoms with Crippen LogP contribution in [0.25, 0.3) is 22.0 Å². The molecule has 0 fully saturated rings. The third kappa shape index (κ3) is 5.09. The van der Waals surface area contributed by atoms with Gasteiger partial charge in [-0.2, -0.15) is 0 Å². The number of rotatable bonds is 7. The Morgan fingerprint density at radius 3 is 2.05 bits per heavy atom. The van der Waals surface area contributed by atoms with Crippen LogP contribution in [0.2, 0.25) is 0 Å². The molecule has 1 amide bonds. The molecule has 0 bridgehead atoms. The quantitative estimate of drug-likeness (QED) is 0.352. The van der Waals surface area contributed by atoms with Crippen molar-refractivity contribution in [3.8, 4) is 28.4 Å². The van der Waals surface area contributed by atoms with Gasteiger partial charge < -0.3 is 19.5 Å². The average molecular weight is 515 g/mol. The number of hydrogen-bond acceptors (Lipinski definition) is 5. The Morgan fingerprint density at radius 2 is 1.50 bits per heavy atom. The van der Waals surface area contributed by atoms with Gasteiger partial charge in [0.2, 0.25) is 11.7 Å². The van der Waals surface area contributed by atoms with Gasteiger partial charge in [0.25, 0.3) is 5.56 Å². The van der Waals surface area contributed by atoms with Crippen molar-refractivity contribution in [3.63, 3.8) is 0 Å². The van der Waals surface area contributed by atoms with E-state index in [1.165, 1.54) is 18.8 Å². The first-order chi connectivity index (χ1) is 18.1. The molecule has 1 atom stereocenters. The van der Waals surface area contributed by atoms with E-state index in [0.29, 0.717) is 39.3 Å². The zero-order valence-corrected chi connectivity index (χ0v) is 22.9. The van der Waals surface area contributed by atoms with E-state index in [2.05, 4.69) is 5.32 Å². The third-order valence-corrected chi connectivity index (χ3v) is 6.33. The summed E-state index contributed by atoms with van der Waals surface area (Å²) >= 11 is 0. The van der Waals surface area contributed by atoms with Crippen molar-refractivity contribution in [1.82, 2.24) is 9.88 Å². The number of amides is 1. The molecular weight excluding hydrogens is 480 g/mol. The third-order valence-electron chi connectivity index (χ3n) is 6.33. The van der Waals surface area contributed by atoms with Crippen LogP contribution in [0, 0.1) is 6.92 Å². The molecule has 0 aliphatic rings. The normalized spacial score (nSPS) is 12.2. The standard InChI is InChI=1S/C31H34N2O5/c1-19-13-15-21(16-14-19)27(30(35)32-31(2,3)4)33-23-18-24(36-5)28(37-6)29(38-7)26(23)22(17-25(33)34)20-11-9-8-10-12-20/h8-18,27H,1-7H3,(H,32,35). The summed E-state index contributed by atoms with van der Waals surface area (Å²) in [6, 6.07) is 19.6. The van der Waals surface area contributed by atoms with Crippen LogP contribution in [0.1, 0.15) is 37.9 Å². The van der Waals surface area contributed by atoms with Crippen molar-refractivity contribution in [1.29, 1.82) is 0 Å². The molecule has 1 heterocycles. The lowest BCUT2D eigenvalue weighted by Gasteiger charge is -2.28. The molecule has 1 N–H and O–H groups in total. The van der Waals surface area contributed by atoms with Crippen LogP contribution >= 0.6 is 0 Å². The second kappa shape index (κ2) is 10.6. The van der Waals surface area contributed by atoms with Crippen molar-refractivity contribution in [2.24, 2.45) is 0 Å². The highest BCUT2D eigenvalue weighted by molar-refractivity contribution is 6.03. The average Bonchev–Trinajstić information content (AvgIpc) is 2.89. The molecule has 38 heavy (non-hydrogen) atoms. The first kappa shape index (κ1) is 26.8. The van der Waals surface area contributed by atoms with Gasteiger partial charge in [0.15, 0.2) is 11.5 Å². The Hall–Kier alpha value is -4.26. The first-order valence-electron chi connectivity index (χ1n) is 12.4. The van der Waals surface area contributed by atoms with E-state index in [1.807, 2.05) is 82.3 Å². The maximum absolute atomic E-state index is 14.0. The summed E-state index contributed by atoms with van der Waals surface area (Å²) in [7, 11) is 4.61. The highest BCUT2D eigenvalue weighted by atomic mass is 16.5. The molecule has 198 valence electrons. The molecule has 0 radical (unpaired) electrons. The van der Waals surface area contributed by atoms with Crippen LogP contribution in [0.4, 0.5) is 0 Å². The van der Waals surface area contributed by atoms with Crippen molar-refractivity contribution in [2.75, 3.05) is 21.3 Å². The van der Waals surface area contributed by atoms with E-state index in [1.54, 1.807) is 19.2 Å². The number of benzene rings is 3. The summed E-state index contributed by atoms with van der Waals surface area (Å²) < 4.78 is 18.7. The highest BCUT2D eigenvalue weighted by Crippen LogP contribution is 2.47. The van der Waals surface area contributed by atoms with E-state index < -0.39 is 11.6 Å². The number of pyridine rings is 1. The Balaban J connectivity index is 2.17. The molecule has 0 aliphatic carbocycles. The van der Waals surface area contributed by atoms with Gasteiger partial charge in [-0.15, -0.1) is 0 Å². The summed E-state index contributed by atoms with van der Waals surface area (Å²) in [4.78, 5) is 27.9. The molecule has 1 unspecified atom stereocenters. The lowest BCUT2D eigenvalue weighted by atomic mass is 9.97. The molecular formula is C31H34N2O5. The van der Waals surface area contributed by atoms with Gasteiger partial charge in [-0.25, -0.2) is 0 Å². The minimum atomic E-state index is -0.947. The molecule has 7 nitrogen and oxygen atoms in total. The first-order valence-corrected chi connectivity index (χ1v) is 12.4. The van der Waals surface area contributed by atoms with Gasteiger partial charge in [0, 0.05) is 23.2 Å². The van der Waals surface area contributed by atoms with Crippen LogP contribution < -0.4 is 25.1 Å². The summed E-state index contributed by atoms with van der Waals surface area (Å²) in [6.07, 6.45) is 0. The number of aromatic nitrogens is 1. The molecule has 4 rings (SSSR count). The smallest absolute Gasteiger partial charge is 0.252 e. The van der Waals surface area contributed by atoms with E-state index in [9.17, 15) is 9.59 Å². The summed E-state index contributed by atoms with van der Waals surface area (Å²) in [6.45, 7) is 7.71. The molecule has 0 aliphatic heterocycles. The van der Waals surface area contributed by atoms with Crippen LogP contribution in [0.5, 0.6) is 17.2 Å². The monoisotopic (exact) mass is 514 g/mol. The predicted octanol–water partition coefficient (Wildman–Crippen LogP) is 5.51. The van der Waals surface area contributed by atoms with Gasteiger partial charge >= 0.3 is 0 Å². The van der Waals surface area contributed by atoms with E-state index >= 15 is 0 Å². The van der Waals surface area contributed by atoms with Crippen molar-refractivity contribution < 1.29 is 19.0 Å². The number of nitrogens with one attached hydrogen (secondary N) is 1. The summed E-state index contributed by atoms with van der Waals surface area (Å²) in [5.41, 5.74) is 2.87. The van der Waals surface area contributed by atoms with Crippen molar-refractivity contribution >= 4 is 16.8 Å².